The highest BCUT2D eigenvalue weighted by molar-refractivity contribution is 6.08. The molecule has 9 nitrogen and oxygen atoms in total. The van der Waals surface area contributed by atoms with E-state index in [1.807, 2.05) is 81.0 Å². The quantitative estimate of drug-likeness (QED) is 0.375. The first kappa shape index (κ1) is 23.2. The second kappa shape index (κ2) is 9.26. The zero-order chi connectivity index (χ0) is 25.4. The monoisotopic (exact) mass is 481 g/mol. The Morgan fingerprint density at radius 1 is 1.03 bits per heavy atom. The van der Waals surface area contributed by atoms with E-state index in [1.54, 1.807) is 23.1 Å². The molecule has 0 aliphatic carbocycles. The molecule has 9 heteroatoms. The van der Waals surface area contributed by atoms with E-state index in [4.69, 9.17) is 0 Å². The van der Waals surface area contributed by atoms with Crippen LogP contribution in [0.1, 0.15) is 42.7 Å². The van der Waals surface area contributed by atoms with Crippen LogP contribution in [0.3, 0.4) is 0 Å². The van der Waals surface area contributed by atoms with Gasteiger partial charge in [-0.05, 0) is 53.9 Å². The van der Waals surface area contributed by atoms with Gasteiger partial charge < -0.3 is 9.88 Å². The summed E-state index contributed by atoms with van der Waals surface area (Å²) in [6.07, 6.45) is 7.13. The fourth-order valence-corrected chi connectivity index (χ4v) is 4.11. The zero-order valence-electron chi connectivity index (χ0n) is 20.6. The molecule has 0 aliphatic rings. The van der Waals surface area contributed by atoms with E-state index in [1.165, 1.54) is 0 Å². The van der Waals surface area contributed by atoms with Gasteiger partial charge in [0, 0.05) is 48.7 Å². The fourth-order valence-electron chi connectivity index (χ4n) is 4.11. The Bertz CT molecular complexity index is 1580. The third-order valence-electron chi connectivity index (χ3n) is 6.20. The van der Waals surface area contributed by atoms with Gasteiger partial charge in [-0.3, -0.25) is 19.9 Å². The predicted octanol–water partition coefficient (Wildman–Crippen LogP) is 4.37. The summed E-state index contributed by atoms with van der Waals surface area (Å²) >= 11 is 0. The molecule has 1 aromatic carbocycles. The lowest BCUT2D eigenvalue weighted by Gasteiger charge is -2.13. The molecule has 0 aliphatic heterocycles. The van der Waals surface area contributed by atoms with Crippen molar-refractivity contribution < 1.29 is 9.59 Å². The van der Waals surface area contributed by atoms with E-state index >= 15 is 0 Å². The number of nitrogens with zero attached hydrogens (tertiary/aromatic N) is 5. The molecule has 36 heavy (non-hydrogen) atoms. The predicted molar refractivity (Wildman–Crippen MR) is 138 cm³/mol. The van der Waals surface area contributed by atoms with Gasteiger partial charge in [-0.15, -0.1) is 5.10 Å². The number of carbonyl (C=O) groups is 2. The Balaban J connectivity index is 1.46. The lowest BCUT2D eigenvalue weighted by atomic mass is 10.0. The van der Waals surface area contributed by atoms with Crippen molar-refractivity contribution in [3.05, 3.63) is 78.4 Å². The van der Waals surface area contributed by atoms with Gasteiger partial charge >= 0.3 is 0 Å². The average Bonchev–Trinajstić information content (AvgIpc) is 3.43. The van der Waals surface area contributed by atoms with Crippen LogP contribution in [0, 0.1) is 5.92 Å². The average molecular weight is 482 g/mol. The normalized spacial score (nSPS) is 12.2. The second-order valence-corrected chi connectivity index (χ2v) is 9.16. The van der Waals surface area contributed by atoms with Gasteiger partial charge in [-0.1, -0.05) is 26.0 Å². The molecule has 0 fully saturated rings. The number of carbonyl (C=O) groups excluding carboxylic acids is 2. The molecule has 2 amide bonds. The number of amides is 2. The molecule has 0 radical (unpaired) electrons. The number of hydrogen-bond donors (Lipinski definition) is 2. The summed E-state index contributed by atoms with van der Waals surface area (Å²) in [7, 11) is 1.93. The first-order valence-electron chi connectivity index (χ1n) is 11.8. The summed E-state index contributed by atoms with van der Waals surface area (Å²) in [4.78, 5) is 33.8. The number of anilines is 1. The summed E-state index contributed by atoms with van der Waals surface area (Å²) in [5.41, 5.74) is 4.99. The van der Waals surface area contributed by atoms with Crippen LogP contribution in [0.2, 0.25) is 0 Å². The van der Waals surface area contributed by atoms with Crippen LogP contribution in [0.4, 0.5) is 5.95 Å². The molecule has 2 N–H and O–H groups in total. The van der Waals surface area contributed by atoms with Gasteiger partial charge in [0.1, 0.15) is 0 Å². The van der Waals surface area contributed by atoms with Gasteiger partial charge in [-0.25, -0.2) is 4.52 Å². The highest BCUT2D eigenvalue weighted by atomic mass is 16.2. The molecular weight excluding hydrogens is 454 g/mol. The number of nitrogens with one attached hydrogen (secondary N) is 2. The minimum atomic E-state index is -0.176. The number of fused-ring (bicyclic) bond motifs is 2. The molecule has 4 heterocycles. The van der Waals surface area contributed by atoms with E-state index in [9.17, 15) is 9.59 Å². The summed E-state index contributed by atoms with van der Waals surface area (Å²) in [5, 5.41) is 11.0. The Morgan fingerprint density at radius 2 is 1.83 bits per heavy atom. The Labute approximate surface area is 208 Å². The van der Waals surface area contributed by atoms with Gasteiger partial charge in [0.15, 0.2) is 5.65 Å². The van der Waals surface area contributed by atoms with Crippen molar-refractivity contribution in [3.8, 4) is 11.1 Å². The summed E-state index contributed by atoms with van der Waals surface area (Å²) < 4.78 is 3.58. The molecule has 0 saturated heterocycles. The van der Waals surface area contributed by atoms with Crippen molar-refractivity contribution in [2.75, 3.05) is 5.32 Å². The molecule has 0 saturated carbocycles. The molecule has 1 unspecified atom stereocenters. The van der Waals surface area contributed by atoms with E-state index in [0.29, 0.717) is 11.2 Å². The third kappa shape index (κ3) is 4.43. The Morgan fingerprint density at radius 3 is 2.58 bits per heavy atom. The van der Waals surface area contributed by atoms with Crippen molar-refractivity contribution in [1.29, 1.82) is 0 Å². The summed E-state index contributed by atoms with van der Waals surface area (Å²) in [6, 6.07) is 13.5. The summed E-state index contributed by atoms with van der Waals surface area (Å²) in [5.74, 6) is -0.175. The fraction of sp³-hybridized carbons (Fsp3) is 0.222. The van der Waals surface area contributed by atoms with E-state index < -0.39 is 0 Å². The van der Waals surface area contributed by atoms with Crippen LogP contribution in [-0.4, -0.2) is 36.0 Å². The van der Waals surface area contributed by atoms with Crippen molar-refractivity contribution in [2.45, 2.75) is 26.8 Å². The Hall–Kier alpha value is -4.53. The van der Waals surface area contributed by atoms with Gasteiger partial charge in [-0.2, -0.15) is 4.98 Å². The van der Waals surface area contributed by atoms with E-state index in [2.05, 4.69) is 25.7 Å². The number of benzene rings is 1. The van der Waals surface area contributed by atoms with Crippen LogP contribution >= 0.6 is 0 Å². The van der Waals surface area contributed by atoms with Gasteiger partial charge in [0.05, 0.1) is 11.6 Å². The number of pyridine rings is 2. The SMILES string of the molecule is CC(C)C(=O)Nc1nc2cc(-c3ccc4c(c3)c(C(=O)NC(C)c3cccnc3)cn4C)ccn2n1. The topological polar surface area (TPSA) is 106 Å². The second-order valence-electron chi connectivity index (χ2n) is 9.16. The number of aromatic nitrogens is 5. The van der Waals surface area contributed by atoms with Gasteiger partial charge in [0.2, 0.25) is 11.9 Å². The highest BCUT2D eigenvalue weighted by Crippen LogP contribution is 2.29. The zero-order valence-corrected chi connectivity index (χ0v) is 20.6. The van der Waals surface area contributed by atoms with Crippen LogP contribution in [0.5, 0.6) is 0 Å². The maximum absolute atomic E-state index is 13.2. The van der Waals surface area contributed by atoms with Gasteiger partial charge in [0.25, 0.3) is 5.91 Å². The number of rotatable bonds is 6. The third-order valence-corrected chi connectivity index (χ3v) is 6.20. The van der Waals surface area contributed by atoms with Crippen LogP contribution in [0.15, 0.2) is 67.3 Å². The maximum Gasteiger partial charge on any atom is 0.253 e. The first-order chi connectivity index (χ1) is 17.3. The smallest absolute Gasteiger partial charge is 0.253 e. The maximum atomic E-state index is 13.2. The molecule has 1 atom stereocenters. The largest absolute Gasteiger partial charge is 0.350 e. The van der Waals surface area contributed by atoms with E-state index in [0.717, 1.165) is 27.6 Å². The molecule has 5 aromatic rings. The van der Waals surface area contributed by atoms with Crippen LogP contribution in [0.25, 0.3) is 27.7 Å². The molecule has 5 rings (SSSR count). The minimum Gasteiger partial charge on any atom is -0.350 e. The highest BCUT2D eigenvalue weighted by Gasteiger charge is 2.18. The molecule has 182 valence electrons. The molecule has 0 bridgehead atoms. The minimum absolute atomic E-state index is 0.135. The Kier molecular flexibility index (Phi) is 5.97. The standard InChI is InChI=1S/C27H27N7O2/c1-16(2)25(35)31-27-30-24-13-19(9-11-34(24)32-27)18-7-8-23-21(12-18)22(15-33(23)4)26(36)29-17(3)20-6-5-10-28-14-20/h5-17H,1-4H3,(H,29,36)(H,31,32,35). The molecule has 4 aromatic heterocycles. The lowest BCUT2D eigenvalue weighted by molar-refractivity contribution is -0.118. The van der Waals surface area contributed by atoms with Crippen LogP contribution < -0.4 is 10.6 Å². The molecule has 0 spiro atoms. The van der Waals surface area contributed by atoms with Crippen molar-refractivity contribution in [3.63, 3.8) is 0 Å². The number of aryl methyl sites for hydroxylation is 1. The number of hydrogen-bond acceptors (Lipinski definition) is 5. The van der Waals surface area contributed by atoms with Crippen LogP contribution in [-0.2, 0) is 11.8 Å². The first-order valence-corrected chi connectivity index (χ1v) is 11.8. The van der Waals surface area contributed by atoms with E-state index in [-0.39, 0.29) is 29.7 Å². The summed E-state index contributed by atoms with van der Waals surface area (Å²) in [6.45, 7) is 5.57. The molecular formula is C27H27N7O2. The van der Waals surface area contributed by atoms with Crippen molar-refractivity contribution >= 4 is 34.3 Å². The van der Waals surface area contributed by atoms with Crippen molar-refractivity contribution in [2.24, 2.45) is 13.0 Å². The lowest BCUT2D eigenvalue weighted by Crippen LogP contribution is -2.26. The van der Waals surface area contributed by atoms with Crippen molar-refractivity contribution in [1.82, 2.24) is 29.5 Å².